The van der Waals surface area contributed by atoms with Crippen molar-refractivity contribution in [2.75, 3.05) is 64.3 Å². The Labute approximate surface area is 332 Å². The first-order valence-corrected chi connectivity index (χ1v) is 20.1. The van der Waals surface area contributed by atoms with Crippen molar-refractivity contribution in [3.63, 3.8) is 0 Å². The van der Waals surface area contributed by atoms with Crippen molar-refractivity contribution in [1.82, 2.24) is 39.1 Å². The number of nitrogens with two attached hydrogens (primary N) is 1. The van der Waals surface area contributed by atoms with Gasteiger partial charge in [-0.2, -0.15) is 9.97 Å². The second kappa shape index (κ2) is 18.0. The van der Waals surface area contributed by atoms with Crippen molar-refractivity contribution < 1.29 is 17.9 Å². The fraction of sp³-hybridized carbons (Fsp3) is 0.297. The first kappa shape index (κ1) is 40.8. The van der Waals surface area contributed by atoms with Gasteiger partial charge in [0.1, 0.15) is 11.3 Å². The molecule has 3 N–H and O–H groups in total. The van der Waals surface area contributed by atoms with E-state index in [2.05, 4.69) is 25.4 Å². The van der Waals surface area contributed by atoms with E-state index in [0.29, 0.717) is 62.5 Å². The Morgan fingerprint density at radius 1 is 0.696 bits per heavy atom. The lowest BCUT2D eigenvalue weighted by atomic mass is 10.1. The molecule has 2 saturated heterocycles. The van der Waals surface area contributed by atoms with Crippen LogP contribution in [-0.2, 0) is 33.4 Å². The topological polar surface area (TPSA) is 193 Å². The Balaban J connectivity index is 0.000000163. The first-order valence-electron chi connectivity index (χ1n) is 17.4. The highest BCUT2D eigenvalue weighted by Gasteiger charge is 2.18. The van der Waals surface area contributed by atoms with E-state index in [-0.39, 0.29) is 21.9 Å². The van der Waals surface area contributed by atoms with Gasteiger partial charge in [-0.3, -0.25) is 30.0 Å². The van der Waals surface area contributed by atoms with Crippen LogP contribution in [0.25, 0.3) is 44.3 Å². The number of rotatable bonds is 5. The van der Waals surface area contributed by atoms with Crippen molar-refractivity contribution >= 4 is 61.1 Å². The largest absolute Gasteiger partial charge is 0.379 e. The summed E-state index contributed by atoms with van der Waals surface area (Å²) in [4.78, 5) is 42.2. The molecule has 0 saturated carbocycles. The third-order valence-electron chi connectivity index (χ3n) is 8.85. The summed E-state index contributed by atoms with van der Waals surface area (Å²) in [6.45, 7) is 6.17. The van der Waals surface area contributed by atoms with Gasteiger partial charge in [0.2, 0.25) is 20.9 Å². The van der Waals surface area contributed by atoms with Crippen molar-refractivity contribution in [3.8, 4) is 22.3 Å². The number of hydrazine groups is 2. The molecule has 2 aliphatic rings. The maximum atomic E-state index is 12.8. The first-order chi connectivity index (χ1) is 26.8. The second-order valence-electron chi connectivity index (χ2n) is 12.8. The highest BCUT2D eigenvalue weighted by molar-refractivity contribution is 7.90. The van der Waals surface area contributed by atoms with Crippen LogP contribution in [0, 0.1) is 0 Å². The van der Waals surface area contributed by atoms with E-state index in [1.807, 2.05) is 23.2 Å². The number of nitrogens with zero attached hydrogens (tertiary/aromatic N) is 8. The zero-order valence-corrected chi connectivity index (χ0v) is 33.2. The molecule has 0 unspecified atom stereocenters. The van der Waals surface area contributed by atoms with Gasteiger partial charge < -0.3 is 9.47 Å². The molecule has 6 heterocycles. The van der Waals surface area contributed by atoms with Crippen LogP contribution < -0.4 is 22.4 Å². The number of ether oxygens (including phenoxy) is 2. The zero-order valence-electron chi connectivity index (χ0n) is 30.9. The van der Waals surface area contributed by atoms with E-state index in [1.54, 1.807) is 60.7 Å². The van der Waals surface area contributed by atoms with Gasteiger partial charge in [-0.05, 0) is 24.3 Å². The number of sulfone groups is 1. The number of morpholine rings is 2. The molecule has 0 atom stereocenters. The van der Waals surface area contributed by atoms with Crippen LogP contribution in [0.1, 0.15) is 0 Å². The third kappa shape index (κ3) is 9.56. The van der Waals surface area contributed by atoms with Crippen molar-refractivity contribution in [2.45, 2.75) is 5.16 Å². The van der Waals surface area contributed by atoms with Gasteiger partial charge >= 0.3 is 0 Å². The van der Waals surface area contributed by atoms with Crippen LogP contribution in [0.15, 0.2) is 87.8 Å². The van der Waals surface area contributed by atoms with Crippen LogP contribution in [0.3, 0.4) is 0 Å². The third-order valence-corrected chi connectivity index (χ3v) is 10.4. The number of hydrogen-bond acceptors (Lipinski definition) is 14. The molecule has 56 heavy (non-hydrogen) atoms. The van der Waals surface area contributed by atoms with Crippen LogP contribution in [0.5, 0.6) is 0 Å². The minimum atomic E-state index is -3.55. The van der Waals surface area contributed by atoms with Gasteiger partial charge in [0.25, 0.3) is 11.1 Å². The number of anilines is 1. The number of pyridine rings is 2. The molecule has 19 heteroatoms. The van der Waals surface area contributed by atoms with E-state index >= 15 is 0 Å². The van der Waals surface area contributed by atoms with Crippen molar-refractivity contribution in [3.05, 3.63) is 104 Å². The lowest BCUT2D eigenvalue weighted by Gasteiger charge is -2.26. The maximum Gasteiger partial charge on any atom is 0.259 e. The van der Waals surface area contributed by atoms with Gasteiger partial charge in [0.05, 0.1) is 26.4 Å². The molecule has 0 bridgehead atoms. The minimum Gasteiger partial charge on any atom is -0.379 e. The number of nitrogens with one attached hydrogen (secondary N) is 1. The SMILES string of the molecule is Cn1c(=O)c(-c2ccccc2Cl)cc2cnc(NN3CCOCC3)nc21.Cn1c(=O)c(-c2ccccc2Cl)cc2cnc(S(C)(=O)=O)nc21.NN1CCOCC1. The molecule has 16 nitrogen and oxygen atoms in total. The minimum absolute atomic E-state index is 0.151. The van der Waals surface area contributed by atoms with Gasteiger partial charge in [-0.15, -0.1) is 0 Å². The van der Waals surface area contributed by atoms with E-state index in [0.717, 1.165) is 51.0 Å². The molecule has 2 aromatic carbocycles. The van der Waals surface area contributed by atoms with E-state index < -0.39 is 9.84 Å². The molecule has 0 amide bonds. The van der Waals surface area contributed by atoms with Crippen molar-refractivity contribution in [1.29, 1.82) is 0 Å². The monoisotopic (exact) mass is 822 g/mol. The molecule has 294 valence electrons. The predicted molar refractivity (Wildman–Crippen MR) is 216 cm³/mol. The standard InChI is InChI=1S/C18H18ClN5O2.C15H12ClN3O3S.C4H10N2O/c1-23-16-12(10-14(17(23)25)13-4-2-3-5-15(13)19)11-20-18(21-16)22-24-6-8-26-9-7-24;1-19-13-9(8-17-15(18-13)23(2,21)22)7-11(14(19)20)10-5-3-4-6-12(10)16;5-6-1-3-7-4-2-6/h2-5,10-11H,6-9H2,1H3,(H,20,21,22);3-8H,1-2H3;1-5H2. The van der Waals surface area contributed by atoms with Gasteiger partial charge in [-0.25, -0.2) is 28.4 Å². The van der Waals surface area contributed by atoms with E-state index in [9.17, 15) is 18.0 Å². The van der Waals surface area contributed by atoms with Gasteiger partial charge in [0.15, 0.2) is 0 Å². The Bertz CT molecular complexity index is 2590. The lowest BCUT2D eigenvalue weighted by Crippen LogP contribution is -2.41. The van der Waals surface area contributed by atoms with Crippen molar-refractivity contribution in [2.24, 2.45) is 19.9 Å². The number of hydrogen-bond donors (Lipinski definition) is 2. The Morgan fingerprint density at radius 2 is 1.16 bits per heavy atom. The number of aryl methyl sites for hydroxylation is 2. The second-order valence-corrected chi connectivity index (χ2v) is 15.6. The lowest BCUT2D eigenvalue weighted by molar-refractivity contribution is 0.0378. The molecular weight excluding hydrogens is 783 g/mol. The summed E-state index contributed by atoms with van der Waals surface area (Å²) in [6.07, 6.45) is 4.12. The zero-order chi connectivity index (χ0) is 40.0. The number of benzene rings is 2. The fourth-order valence-electron chi connectivity index (χ4n) is 5.85. The Morgan fingerprint density at radius 3 is 1.62 bits per heavy atom. The fourth-order valence-corrected chi connectivity index (χ4v) is 6.82. The van der Waals surface area contributed by atoms with Crippen LogP contribution in [0.4, 0.5) is 5.95 Å². The predicted octanol–water partition coefficient (Wildman–Crippen LogP) is 3.55. The maximum absolute atomic E-state index is 12.8. The molecule has 4 aromatic heterocycles. The highest BCUT2D eigenvalue weighted by Crippen LogP contribution is 2.28. The molecule has 0 radical (unpaired) electrons. The summed E-state index contributed by atoms with van der Waals surface area (Å²) < 4.78 is 36.3. The van der Waals surface area contributed by atoms with E-state index in [4.69, 9.17) is 38.5 Å². The van der Waals surface area contributed by atoms with Gasteiger partial charge in [0, 0.05) is 102 Å². The summed E-state index contributed by atoms with van der Waals surface area (Å²) in [6, 6.07) is 17.7. The van der Waals surface area contributed by atoms with Crippen LogP contribution >= 0.6 is 23.2 Å². The molecule has 0 aliphatic carbocycles. The average molecular weight is 824 g/mol. The summed E-state index contributed by atoms with van der Waals surface area (Å²) in [5.41, 5.74) is 5.76. The summed E-state index contributed by atoms with van der Waals surface area (Å²) in [5.74, 6) is 5.85. The Kier molecular flexibility index (Phi) is 13.1. The van der Waals surface area contributed by atoms with E-state index in [1.165, 1.54) is 22.4 Å². The highest BCUT2D eigenvalue weighted by atomic mass is 35.5. The van der Waals surface area contributed by atoms with Crippen LogP contribution in [-0.4, -0.2) is 106 Å². The summed E-state index contributed by atoms with van der Waals surface area (Å²) >= 11 is 12.4. The summed E-state index contributed by atoms with van der Waals surface area (Å²) in [5, 5.41) is 5.77. The molecule has 0 spiro atoms. The number of halogens is 2. The Hall–Kier alpha value is -4.85. The smallest absolute Gasteiger partial charge is 0.259 e. The molecule has 2 fully saturated rings. The summed E-state index contributed by atoms with van der Waals surface area (Å²) in [7, 11) is -0.315. The quantitative estimate of drug-likeness (QED) is 0.190. The number of fused-ring (bicyclic) bond motifs is 2. The number of aromatic nitrogens is 6. The molecule has 6 aromatic rings. The molecule has 8 rings (SSSR count). The molecule has 2 aliphatic heterocycles. The normalized spacial score (nSPS) is 15.1. The van der Waals surface area contributed by atoms with Gasteiger partial charge in [-0.1, -0.05) is 59.6 Å². The molecular formula is C37H40Cl2N10O6S. The average Bonchev–Trinajstić information content (AvgIpc) is 3.19. The van der Waals surface area contributed by atoms with Crippen LogP contribution in [0.2, 0.25) is 10.0 Å².